The van der Waals surface area contributed by atoms with Crippen molar-refractivity contribution in [1.29, 1.82) is 0 Å². The van der Waals surface area contributed by atoms with Crippen molar-refractivity contribution in [1.82, 2.24) is 29.8 Å². The van der Waals surface area contributed by atoms with Gasteiger partial charge in [0.15, 0.2) is 0 Å². The molecule has 1 N–H and O–H groups in total. The fourth-order valence-electron chi connectivity index (χ4n) is 4.70. The fraction of sp³-hybridized carbons (Fsp3) is 0.520. The number of carbonyl (C=O) groups is 1. The van der Waals surface area contributed by atoms with E-state index in [4.69, 9.17) is 0 Å². The SMILES string of the molecule is CCC(C(=O)NCCCN1CCCCC1)n1nc(C)c2nn(-c3ccccc3)c(C)c2c1=O. The van der Waals surface area contributed by atoms with Crippen molar-refractivity contribution < 1.29 is 4.79 Å². The molecule has 3 heterocycles. The van der Waals surface area contributed by atoms with E-state index in [9.17, 15) is 9.59 Å². The van der Waals surface area contributed by atoms with E-state index >= 15 is 0 Å². The number of hydrogen-bond acceptors (Lipinski definition) is 5. The number of aryl methyl sites for hydroxylation is 2. The van der Waals surface area contributed by atoms with Crippen LogP contribution < -0.4 is 10.9 Å². The van der Waals surface area contributed by atoms with Crippen LogP contribution in [0.4, 0.5) is 0 Å². The fourth-order valence-corrected chi connectivity index (χ4v) is 4.70. The molecule has 0 radical (unpaired) electrons. The Hall–Kier alpha value is -3.00. The molecule has 176 valence electrons. The van der Waals surface area contributed by atoms with Crippen molar-refractivity contribution in [2.45, 2.75) is 58.9 Å². The van der Waals surface area contributed by atoms with Crippen LogP contribution in [0.25, 0.3) is 16.6 Å². The van der Waals surface area contributed by atoms with Crippen LogP contribution in [0.3, 0.4) is 0 Å². The van der Waals surface area contributed by atoms with Gasteiger partial charge in [0.05, 0.1) is 22.5 Å². The number of para-hydroxylation sites is 1. The van der Waals surface area contributed by atoms with Gasteiger partial charge >= 0.3 is 0 Å². The van der Waals surface area contributed by atoms with Gasteiger partial charge in [-0.05, 0) is 71.3 Å². The van der Waals surface area contributed by atoms with Crippen LogP contribution in [0.2, 0.25) is 0 Å². The summed E-state index contributed by atoms with van der Waals surface area (Å²) in [5, 5.41) is 12.7. The summed E-state index contributed by atoms with van der Waals surface area (Å²) in [5.41, 5.74) is 2.58. The van der Waals surface area contributed by atoms with Gasteiger partial charge in [-0.25, -0.2) is 9.36 Å². The van der Waals surface area contributed by atoms with Gasteiger partial charge in [0.2, 0.25) is 5.91 Å². The van der Waals surface area contributed by atoms with E-state index in [1.165, 1.54) is 23.9 Å². The molecule has 1 unspecified atom stereocenters. The highest BCUT2D eigenvalue weighted by Crippen LogP contribution is 2.21. The Kier molecular flexibility index (Phi) is 7.23. The molecule has 1 aromatic carbocycles. The molecule has 8 heteroatoms. The zero-order valence-electron chi connectivity index (χ0n) is 19.9. The molecular weight excluding hydrogens is 416 g/mol. The predicted octanol–water partition coefficient (Wildman–Crippen LogP) is 3.14. The topological polar surface area (TPSA) is 85.1 Å². The van der Waals surface area contributed by atoms with Crippen molar-refractivity contribution >= 4 is 16.8 Å². The maximum absolute atomic E-state index is 13.4. The van der Waals surface area contributed by atoms with Gasteiger partial charge in [-0.1, -0.05) is 31.5 Å². The maximum atomic E-state index is 13.4. The standard InChI is InChI=1S/C25H34N6O2/c1-4-21(24(32)26-14-11-17-29-15-9-6-10-16-29)31-25(33)22-19(3)30(20-12-7-5-8-13-20)28-23(22)18(2)27-31/h5,7-8,12-13,21H,4,6,9-11,14-17H2,1-3H3,(H,26,32). The Balaban J connectivity index is 1.54. The molecule has 1 fully saturated rings. The number of amides is 1. The minimum atomic E-state index is -0.643. The number of carbonyl (C=O) groups excluding carboxylic acids is 1. The molecule has 1 aliphatic heterocycles. The maximum Gasteiger partial charge on any atom is 0.278 e. The van der Waals surface area contributed by atoms with Crippen LogP contribution in [0.15, 0.2) is 35.1 Å². The van der Waals surface area contributed by atoms with Gasteiger partial charge in [-0.2, -0.15) is 10.2 Å². The first kappa shape index (κ1) is 23.2. The molecule has 0 bridgehead atoms. The molecule has 1 aliphatic rings. The summed E-state index contributed by atoms with van der Waals surface area (Å²) < 4.78 is 3.12. The van der Waals surface area contributed by atoms with Crippen LogP contribution in [0, 0.1) is 13.8 Å². The third-order valence-corrected chi connectivity index (χ3v) is 6.52. The van der Waals surface area contributed by atoms with Gasteiger partial charge in [0.25, 0.3) is 5.56 Å². The van der Waals surface area contributed by atoms with Crippen LogP contribution in [-0.4, -0.2) is 56.5 Å². The third kappa shape index (κ3) is 4.85. The van der Waals surface area contributed by atoms with E-state index in [-0.39, 0.29) is 11.5 Å². The van der Waals surface area contributed by atoms with Crippen LogP contribution in [0.1, 0.15) is 56.5 Å². The number of likely N-dealkylation sites (tertiary alicyclic amines) is 1. The van der Waals surface area contributed by atoms with E-state index in [0.717, 1.165) is 37.4 Å². The van der Waals surface area contributed by atoms with E-state index < -0.39 is 6.04 Å². The lowest BCUT2D eigenvalue weighted by atomic mass is 10.1. The number of aromatic nitrogens is 4. The smallest absolute Gasteiger partial charge is 0.278 e. The lowest BCUT2D eigenvalue weighted by Gasteiger charge is -2.26. The molecule has 8 nitrogen and oxygen atoms in total. The molecule has 0 saturated carbocycles. The third-order valence-electron chi connectivity index (χ3n) is 6.52. The summed E-state index contributed by atoms with van der Waals surface area (Å²) in [5.74, 6) is -0.155. The molecule has 33 heavy (non-hydrogen) atoms. The highest BCUT2D eigenvalue weighted by molar-refractivity contribution is 5.84. The van der Waals surface area contributed by atoms with Crippen molar-refractivity contribution in [3.8, 4) is 5.69 Å². The molecule has 0 aliphatic carbocycles. The molecule has 0 spiro atoms. The zero-order valence-corrected chi connectivity index (χ0v) is 19.9. The number of benzene rings is 1. The van der Waals surface area contributed by atoms with Gasteiger partial charge in [0.1, 0.15) is 11.6 Å². The lowest BCUT2D eigenvalue weighted by molar-refractivity contribution is -0.124. The minimum absolute atomic E-state index is 0.155. The Morgan fingerprint density at radius 3 is 2.52 bits per heavy atom. The summed E-state index contributed by atoms with van der Waals surface area (Å²) in [7, 11) is 0. The van der Waals surface area contributed by atoms with Crippen LogP contribution >= 0.6 is 0 Å². The van der Waals surface area contributed by atoms with E-state index in [1.807, 2.05) is 51.1 Å². The molecule has 4 rings (SSSR count). The quantitative estimate of drug-likeness (QED) is 0.533. The number of fused-ring (bicyclic) bond motifs is 1. The molecule has 2 aromatic heterocycles. The minimum Gasteiger partial charge on any atom is -0.354 e. The largest absolute Gasteiger partial charge is 0.354 e. The molecule has 1 atom stereocenters. The average Bonchev–Trinajstić information content (AvgIpc) is 3.19. The van der Waals surface area contributed by atoms with E-state index in [2.05, 4.69) is 20.4 Å². The zero-order chi connectivity index (χ0) is 23.4. The number of nitrogens with one attached hydrogen (secondary N) is 1. The lowest BCUT2D eigenvalue weighted by Crippen LogP contribution is -2.40. The highest BCUT2D eigenvalue weighted by Gasteiger charge is 2.25. The second-order valence-corrected chi connectivity index (χ2v) is 8.86. The number of nitrogens with zero attached hydrogens (tertiary/aromatic N) is 5. The van der Waals surface area contributed by atoms with E-state index in [0.29, 0.717) is 29.6 Å². The molecule has 1 saturated heterocycles. The van der Waals surface area contributed by atoms with Gasteiger partial charge in [-0.15, -0.1) is 0 Å². The molecular formula is C25H34N6O2. The van der Waals surface area contributed by atoms with Crippen molar-refractivity contribution in [2.75, 3.05) is 26.2 Å². The Bertz CT molecular complexity index is 1160. The summed E-state index contributed by atoms with van der Waals surface area (Å²) in [6.07, 6.45) is 5.25. The summed E-state index contributed by atoms with van der Waals surface area (Å²) >= 11 is 0. The number of rotatable bonds is 8. The second kappa shape index (κ2) is 10.3. The monoisotopic (exact) mass is 450 g/mol. The van der Waals surface area contributed by atoms with Crippen molar-refractivity contribution in [3.05, 3.63) is 52.1 Å². The Labute approximate surface area is 194 Å². The first-order valence-corrected chi connectivity index (χ1v) is 12.1. The predicted molar refractivity (Wildman–Crippen MR) is 130 cm³/mol. The van der Waals surface area contributed by atoms with Crippen LogP contribution in [-0.2, 0) is 4.79 Å². The second-order valence-electron chi connectivity index (χ2n) is 8.86. The summed E-state index contributed by atoms with van der Waals surface area (Å²) in [4.78, 5) is 28.9. The highest BCUT2D eigenvalue weighted by atomic mass is 16.2. The van der Waals surface area contributed by atoms with Gasteiger partial charge in [0, 0.05) is 6.54 Å². The Morgan fingerprint density at radius 2 is 1.82 bits per heavy atom. The first-order valence-electron chi connectivity index (χ1n) is 12.1. The number of hydrogen-bond donors (Lipinski definition) is 1. The average molecular weight is 451 g/mol. The van der Waals surface area contributed by atoms with Crippen LogP contribution in [0.5, 0.6) is 0 Å². The first-order chi connectivity index (χ1) is 16.0. The molecule has 3 aromatic rings. The van der Waals surface area contributed by atoms with Gasteiger partial charge in [-0.3, -0.25) is 9.59 Å². The summed E-state index contributed by atoms with van der Waals surface area (Å²) in [6, 6.07) is 9.08. The normalized spacial score (nSPS) is 15.6. The van der Waals surface area contributed by atoms with E-state index in [1.54, 1.807) is 4.68 Å². The number of piperidine rings is 1. The molecule has 1 amide bonds. The summed E-state index contributed by atoms with van der Waals surface area (Å²) in [6.45, 7) is 9.54. The van der Waals surface area contributed by atoms with Gasteiger partial charge < -0.3 is 10.2 Å². The van der Waals surface area contributed by atoms with Crippen molar-refractivity contribution in [2.24, 2.45) is 0 Å². The van der Waals surface area contributed by atoms with Crippen molar-refractivity contribution in [3.63, 3.8) is 0 Å². The Morgan fingerprint density at radius 1 is 1.09 bits per heavy atom.